The number of unbranched alkanes of at least 4 members (excludes halogenated alkanes) is 2. The molecule has 150 valence electrons. The number of rotatable bonds is 9. The molecule has 0 bridgehead atoms. The summed E-state index contributed by atoms with van der Waals surface area (Å²) < 4.78 is 5.72. The van der Waals surface area contributed by atoms with Gasteiger partial charge in [0.15, 0.2) is 0 Å². The molecule has 2 aromatic rings. The highest BCUT2D eigenvalue weighted by Gasteiger charge is 2.21. The minimum Gasteiger partial charge on any atom is -0.494 e. The maximum absolute atomic E-state index is 12.5. The van der Waals surface area contributed by atoms with Crippen LogP contribution in [0.5, 0.6) is 5.75 Å². The van der Waals surface area contributed by atoms with Crippen LogP contribution in [0.15, 0.2) is 54.6 Å². The number of carbonyl (C=O) groups is 1. The van der Waals surface area contributed by atoms with E-state index in [0.717, 1.165) is 51.3 Å². The first-order chi connectivity index (χ1) is 13.7. The van der Waals surface area contributed by atoms with Crippen LogP contribution in [0.1, 0.15) is 54.9 Å². The lowest BCUT2D eigenvalue weighted by Gasteiger charge is -2.32. The van der Waals surface area contributed by atoms with Crippen molar-refractivity contribution in [2.45, 2.75) is 51.6 Å². The minimum absolute atomic E-state index is 0.0130. The van der Waals surface area contributed by atoms with Gasteiger partial charge in [0.1, 0.15) is 5.75 Å². The molecule has 4 nitrogen and oxygen atoms in total. The maximum Gasteiger partial charge on any atom is 0.251 e. The zero-order chi connectivity index (χ0) is 19.6. The van der Waals surface area contributed by atoms with Crippen LogP contribution in [0.25, 0.3) is 0 Å². The molecule has 3 rings (SSSR count). The fourth-order valence-corrected chi connectivity index (χ4v) is 3.59. The van der Waals surface area contributed by atoms with Gasteiger partial charge >= 0.3 is 0 Å². The lowest BCUT2D eigenvalue weighted by Crippen LogP contribution is -2.44. The van der Waals surface area contributed by atoms with Crippen LogP contribution in [0.3, 0.4) is 0 Å². The van der Waals surface area contributed by atoms with E-state index in [0.29, 0.717) is 5.56 Å². The molecule has 0 unspecified atom stereocenters. The molecular weight excluding hydrogens is 348 g/mol. The highest BCUT2D eigenvalue weighted by Crippen LogP contribution is 2.16. The number of hydrogen-bond acceptors (Lipinski definition) is 3. The summed E-state index contributed by atoms with van der Waals surface area (Å²) in [7, 11) is 0. The Morgan fingerprint density at radius 3 is 2.43 bits per heavy atom. The SMILES string of the molecule is CCCCCOc1ccc(C(=O)NC2CCN(Cc3ccccc3)CC2)cc1. The molecular formula is C24H32N2O2. The molecule has 2 aromatic carbocycles. The molecule has 0 spiro atoms. The second-order valence-electron chi connectivity index (χ2n) is 7.59. The molecule has 1 aliphatic rings. The fraction of sp³-hybridized carbons (Fsp3) is 0.458. The van der Waals surface area contributed by atoms with E-state index < -0.39 is 0 Å². The van der Waals surface area contributed by atoms with Gasteiger partial charge in [0, 0.05) is 31.2 Å². The molecule has 0 saturated carbocycles. The molecule has 0 atom stereocenters. The van der Waals surface area contributed by atoms with Gasteiger partial charge in [-0.25, -0.2) is 0 Å². The third-order valence-corrected chi connectivity index (χ3v) is 5.30. The van der Waals surface area contributed by atoms with Gasteiger partial charge in [-0.2, -0.15) is 0 Å². The summed E-state index contributed by atoms with van der Waals surface area (Å²) in [5.74, 6) is 0.848. The van der Waals surface area contributed by atoms with Gasteiger partial charge in [0.05, 0.1) is 6.61 Å². The van der Waals surface area contributed by atoms with Crippen LogP contribution in [0, 0.1) is 0 Å². The lowest BCUT2D eigenvalue weighted by molar-refractivity contribution is 0.0909. The van der Waals surface area contributed by atoms with Crippen molar-refractivity contribution < 1.29 is 9.53 Å². The predicted molar refractivity (Wildman–Crippen MR) is 114 cm³/mol. The van der Waals surface area contributed by atoms with E-state index in [4.69, 9.17) is 4.74 Å². The Kier molecular flexibility index (Phi) is 7.92. The summed E-state index contributed by atoms with van der Waals surface area (Å²) in [5, 5.41) is 3.19. The predicted octanol–water partition coefficient (Wildman–Crippen LogP) is 4.65. The summed E-state index contributed by atoms with van der Waals surface area (Å²) in [6, 6.07) is 18.3. The molecule has 28 heavy (non-hydrogen) atoms. The summed E-state index contributed by atoms with van der Waals surface area (Å²) in [5.41, 5.74) is 2.05. The van der Waals surface area contributed by atoms with Crippen LogP contribution in [0.4, 0.5) is 0 Å². The smallest absolute Gasteiger partial charge is 0.251 e. The summed E-state index contributed by atoms with van der Waals surface area (Å²) in [6.07, 6.45) is 5.44. The largest absolute Gasteiger partial charge is 0.494 e. The highest BCUT2D eigenvalue weighted by molar-refractivity contribution is 5.94. The van der Waals surface area contributed by atoms with Crippen molar-refractivity contribution in [1.82, 2.24) is 10.2 Å². The first-order valence-electron chi connectivity index (χ1n) is 10.5. The molecule has 1 amide bonds. The van der Waals surface area contributed by atoms with Crippen molar-refractivity contribution in [3.8, 4) is 5.75 Å². The quantitative estimate of drug-likeness (QED) is 0.644. The van der Waals surface area contributed by atoms with Crippen molar-refractivity contribution in [3.05, 3.63) is 65.7 Å². The zero-order valence-electron chi connectivity index (χ0n) is 16.9. The van der Waals surface area contributed by atoms with Crippen LogP contribution in [0.2, 0.25) is 0 Å². The van der Waals surface area contributed by atoms with E-state index in [1.165, 1.54) is 18.4 Å². The zero-order valence-corrected chi connectivity index (χ0v) is 16.9. The molecule has 0 radical (unpaired) electrons. The van der Waals surface area contributed by atoms with Crippen molar-refractivity contribution in [2.24, 2.45) is 0 Å². The average molecular weight is 381 g/mol. The normalized spacial score (nSPS) is 15.3. The van der Waals surface area contributed by atoms with E-state index in [1.807, 2.05) is 24.3 Å². The van der Waals surface area contributed by atoms with Crippen molar-refractivity contribution in [3.63, 3.8) is 0 Å². The number of hydrogen-bond donors (Lipinski definition) is 1. The van der Waals surface area contributed by atoms with E-state index in [1.54, 1.807) is 0 Å². The number of carbonyl (C=O) groups excluding carboxylic acids is 1. The molecule has 1 aliphatic heterocycles. The van der Waals surface area contributed by atoms with Crippen LogP contribution < -0.4 is 10.1 Å². The number of nitrogens with one attached hydrogen (secondary N) is 1. The number of amides is 1. The van der Waals surface area contributed by atoms with Crippen molar-refractivity contribution >= 4 is 5.91 Å². The number of ether oxygens (including phenoxy) is 1. The first-order valence-corrected chi connectivity index (χ1v) is 10.5. The standard InChI is InChI=1S/C24H32N2O2/c1-2-3-7-18-28-23-12-10-21(11-13-23)24(27)25-22-14-16-26(17-15-22)19-20-8-5-4-6-9-20/h4-6,8-13,22H,2-3,7,14-19H2,1H3,(H,25,27). The number of nitrogens with zero attached hydrogens (tertiary/aromatic N) is 1. The number of likely N-dealkylation sites (tertiary alicyclic amines) is 1. The Hall–Kier alpha value is -2.33. The van der Waals surface area contributed by atoms with Gasteiger partial charge in [-0.1, -0.05) is 50.1 Å². The Morgan fingerprint density at radius 1 is 1.04 bits per heavy atom. The van der Waals surface area contributed by atoms with Gasteiger partial charge < -0.3 is 10.1 Å². The molecule has 0 aliphatic carbocycles. The summed E-state index contributed by atoms with van der Waals surface area (Å²) in [6.45, 7) is 5.94. The Bertz CT molecular complexity index is 707. The van der Waals surface area contributed by atoms with E-state index in [9.17, 15) is 4.79 Å². The molecule has 1 N–H and O–H groups in total. The Morgan fingerprint density at radius 2 is 1.75 bits per heavy atom. The lowest BCUT2D eigenvalue weighted by atomic mass is 10.0. The van der Waals surface area contributed by atoms with Gasteiger partial charge in [0.2, 0.25) is 0 Å². The number of piperidine rings is 1. The van der Waals surface area contributed by atoms with Crippen molar-refractivity contribution in [2.75, 3.05) is 19.7 Å². The Labute approximate surface area is 168 Å². The second kappa shape index (κ2) is 10.9. The van der Waals surface area contributed by atoms with Crippen LogP contribution >= 0.6 is 0 Å². The van der Waals surface area contributed by atoms with E-state index >= 15 is 0 Å². The minimum atomic E-state index is 0.0130. The fourth-order valence-electron chi connectivity index (χ4n) is 3.59. The highest BCUT2D eigenvalue weighted by atomic mass is 16.5. The Balaban J connectivity index is 1.40. The van der Waals surface area contributed by atoms with Gasteiger partial charge in [0.25, 0.3) is 5.91 Å². The number of benzene rings is 2. The molecule has 1 fully saturated rings. The summed E-state index contributed by atoms with van der Waals surface area (Å²) >= 11 is 0. The van der Waals surface area contributed by atoms with Crippen molar-refractivity contribution in [1.29, 1.82) is 0 Å². The van der Waals surface area contributed by atoms with Crippen LogP contribution in [-0.4, -0.2) is 36.5 Å². The molecule has 0 aromatic heterocycles. The first kappa shape index (κ1) is 20.4. The monoisotopic (exact) mass is 380 g/mol. The molecule has 1 saturated heterocycles. The van der Waals surface area contributed by atoms with E-state index in [2.05, 4.69) is 47.5 Å². The third kappa shape index (κ3) is 6.38. The van der Waals surface area contributed by atoms with Crippen LogP contribution in [-0.2, 0) is 6.54 Å². The average Bonchev–Trinajstić information content (AvgIpc) is 2.74. The summed E-state index contributed by atoms with van der Waals surface area (Å²) in [4.78, 5) is 15.0. The van der Waals surface area contributed by atoms with E-state index in [-0.39, 0.29) is 11.9 Å². The molecule has 4 heteroatoms. The maximum atomic E-state index is 12.5. The van der Waals surface area contributed by atoms with Gasteiger partial charge in [-0.3, -0.25) is 9.69 Å². The second-order valence-corrected chi connectivity index (χ2v) is 7.59. The topological polar surface area (TPSA) is 41.6 Å². The third-order valence-electron chi connectivity index (χ3n) is 5.30. The van der Waals surface area contributed by atoms with Gasteiger partial charge in [-0.15, -0.1) is 0 Å². The molecule has 1 heterocycles. The van der Waals surface area contributed by atoms with Gasteiger partial charge in [-0.05, 0) is 49.1 Å².